The van der Waals surface area contributed by atoms with Crippen LogP contribution in [-0.2, 0) is 9.59 Å². The van der Waals surface area contributed by atoms with Gasteiger partial charge in [-0.3, -0.25) is 9.59 Å². The van der Waals surface area contributed by atoms with E-state index in [9.17, 15) is 9.59 Å². The molecule has 0 aliphatic rings. The lowest BCUT2D eigenvalue weighted by Gasteiger charge is -2.29. The quantitative estimate of drug-likeness (QED) is 0.813. The maximum absolute atomic E-state index is 11.7. The first-order valence-corrected chi connectivity index (χ1v) is 5.95. The maximum Gasteiger partial charge on any atom is 0.241 e. The molecular weight excluding hydrogens is 228 g/mol. The molecule has 1 unspecified atom stereocenters. The molecule has 0 aliphatic carbocycles. The minimum Gasteiger partial charge on any atom is -0.347 e. The van der Waals surface area contributed by atoms with E-state index in [1.165, 1.54) is 11.8 Å². The van der Waals surface area contributed by atoms with Gasteiger partial charge < -0.3 is 9.80 Å². The number of amides is 2. The van der Waals surface area contributed by atoms with Crippen molar-refractivity contribution in [2.45, 2.75) is 19.9 Å². The van der Waals surface area contributed by atoms with Crippen molar-refractivity contribution < 1.29 is 9.59 Å². The second-order valence-electron chi connectivity index (χ2n) is 4.52. The lowest BCUT2D eigenvalue weighted by atomic mass is 10.1. The molecule has 1 aromatic carbocycles. The van der Waals surface area contributed by atoms with Gasteiger partial charge in [-0.25, -0.2) is 0 Å². The Labute approximate surface area is 108 Å². The summed E-state index contributed by atoms with van der Waals surface area (Å²) in [6.07, 6.45) is 0. The number of carbonyl (C=O) groups is 2. The van der Waals surface area contributed by atoms with Crippen LogP contribution in [0.3, 0.4) is 0 Å². The summed E-state index contributed by atoms with van der Waals surface area (Å²) in [5.74, 6) is -0.172. The molecule has 1 aromatic rings. The molecule has 0 spiro atoms. The minimum absolute atomic E-state index is 0.0759. The van der Waals surface area contributed by atoms with Gasteiger partial charge in [0.1, 0.15) is 6.54 Å². The average molecular weight is 248 g/mol. The van der Waals surface area contributed by atoms with E-state index in [0.29, 0.717) is 0 Å². The standard InChI is InChI=1S/C14H20N2O2/c1-11(13-8-6-5-7-9-13)16(12(2)17)10-14(18)15(3)4/h5-9,11H,10H2,1-4H3. The van der Waals surface area contributed by atoms with E-state index in [0.717, 1.165) is 5.56 Å². The first-order valence-electron chi connectivity index (χ1n) is 5.95. The molecular formula is C14H20N2O2. The molecule has 18 heavy (non-hydrogen) atoms. The van der Waals surface area contributed by atoms with Gasteiger partial charge in [0.2, 0.25) is 11.8 Å². The van der Waals surface area contributed by atoms with Crippen LogP contribution in [0.25, 0.3) is 0 Å². The van der Waals surface area contributed by atoms with E-state index in [-0.39, 0.29) is 24.4 Å². The van der Waals surface area contributed by atoms with Crippen LogP contribution >= 0.6 is 0 Å². The fourth-order valence-corrected chi connectivity index (χ4v) is 1.72. The van der Waals surface area contributed by atoms with Gasteiger partial charge in [0.25, 0.3) is 0 Å². The number of rotatable bonds is 4. The monoisotopic (exact) mass is 248 g/mol. The van der Waals surface area contributed by atoms with Crippen molar-refractivity contribution in [3.05, 3.63) is 35.9 Å². The van der Waals surface area contributed by atoms with E-state index >= 15 is 0 Å². The molecule has 98 valence electrons. The smallest absolute Gasteiger partial charge is 0.241 e. The third kappa shape index (κ3) is 3.58. The molecule has 4 nitrogen and oxygen atoms in total. The molecule has 0 aliphatic heterocycles. The van der Waals surface area contributed by atoms with E-state index in [4.69, 9.17) is 0 Å². The fraction of sp³-hybridized carbons (Fsp3) is 0.429. The zero-order valence-electron chi connectivity index (χ0n) is 11.4. The van der Waals surface area contributed by atoms with Gasteiger partial charge in [-0.15, -0.1) is 0 Å². The normalized spacial score (nSPS) is 11.8. The predicted octanol–water partition coefficient (Wildman–Crippen LogP) is 1.68. The second-order valence-corrected chi connectivity index (χ2v) is 4.52. The number of likely N-dealkylation sites (N-methyl/N-ethyl adjacent to an activating group) is 1. The van der Waals surface area contributed by atoms with Crippen LogP contribution in [0.4, 0.5) is 0 Å². The zero-order chi connectivity index (χ0) is 13.7. The number of hydrogen-bond donors (Lipinski definition) is 0. The number of hydrogen-bond acceptors (Lipinski definition) is 2. The van der Waals surface area contributed by atoms with Gasteiger partial charge in [0.05, 0.1) is 6.04 Å². The first-order chi connectivity index (χ1) is 8.43. The van der Waals surface area contributed by atoms with Gasteiger partial charge >= 0.3 is 0 Å². The predicted molar refractivity (Wildman–Crippen MR) is 70.9 cm³/mol. The summed E-state index contributed by atoms with van der Waals surface area (Å²) in [6.45, 7) is 3.53. The molecule has 1 atom stereocenters. The molecule has 0 radical (unpaired) electrons. The molecule has 0 aromatic heterocycles. The third-order valence-corrected chi connectivity index (χ3v) is 2.96. The molecule has 0 saturated heterocycles. The summed E-state index contributed by atoms with van der Waals surface area (Å²) in [5.41, 5.74) is 1.03. The molecule has 1 rings (SSSR count). The van der Waals surface area contributed by atoms with Crippen molar-refractivity contribution in [3.63, 3.8) is 0 Å². The van der Waals surface area contributed by atoms with Crippen LogP contribution in [-0.4, -0.2) is 42.3 Å². The van der Waals surface area contributed by atoms with E-state index < -0.39 is 0 Å². The van der Waals surface area contributed by atoms with Crippen LogP contribution in [0.1, 0.15) is 25.5 Å². The fourth-order valence-electron chi connectivity index (χ4n) is 1.72. The molecule has 0 saturated carbocycles. The SMILES string of the molecule is CC(=O)N(CC(=O)N(C)C)C(C)c1ccccc1. The zero-order valence-corrected chi connectivity index (χ0v) is 11.4. The second kappa shape index (κ2) is 6.19. The Morgan fingerprint density at radius 2 is 1.72 bits per heavy atom. The number of benzene rings is 1. The van der Waals surface area contributed by atoms with Crippen LogP contribution in [0.2, 0.25) is 0 Å². The van der Waals surface area contributed by atoms with Crippen LogP contribution in [0, 0.1) is 0 Å². The van der Waals surface area contributed by atoms with Crippen molar-refractivity contribution in [1.82, 2.24) is 9.80 Å². The van der Waals surface area contributed by atoms with Gasteiger partial charge in [-0.2, -0.15) is 0 Å². The first kappa shape index (κ1) is 14.2. The van der Waals surface area contributed by atoms with Crippen molar-refractivity contribution in [1.29, 1.82) is 0 Å². The summed E-state index contributed by atoms with van der Waals surface area (Å²) in [6, 6.07) is 9.60. The lowest BCUT2D eigenvalue weighted by Crippen LogP contribution is -2.40. The number of nitrogens with zero attached hydrogens (tertiary/aromatic N) is 2. The van der Waals surface area contributed by atoms with Gasteiger partial charge in [-0.05, 0) is 12.5 Å². The van der Waals surface area contributed by atoms with Crippen molar-refractivity contribution >= 4 is 11.8 Å². The Morgan fingerprint density at radius 3 is 2.17 bits per heavy atom. The summed E-state index contributed by atoms with van der Waals surface area (Å²) < 4.78 is 0. The van der Waals surface area contributed by atoms with Crippen LogP contribution in [0.15, 0.2) is 30.3 Å². The van der Waals surface area contributed by atoms with Crippen LogP contribution in [0.5, 0.6) is 0 Å². The summed E-state index contributed by atoms with van der Waals surface area (Å²) in [7, 11) is 3.38. The highest BCUT2D eigenvalue weighted by Crippen LogP contribution is 2.19. The van der Waals surface area contributed by atoms with E-state index in [1.54, 1.807) is 19.0 Å². The molecule has 4 heteroatoms. The van der Waals surface area contributed by atoms with Crippen molar-refractivity contribution in [2.24, 2.45) is 0 Å². The van der Waals surface area contributed by atoms with Crippen molar-refractivity contribution in [3.8, 4) is 0 Å². The highest BCUT2D eigenvalue weighted by Gasteiger charge is 2.21. The van der Waals surface area contributed by atoms with Gasteiger partial charge in [0, 0.05) is 21.0 Å². The Morgan fingerprint density at radius 1 is 1.17 bits per heavy atom. The van der Waals surface area contributed by atoms with Crippen LogP contribution < -0.4 is 0 Å². The number of carbonyl (C=O) groups excluding carboxylic acids is 2. The largest absolute Gasteiger partial charge is 0.347 e. The third-order valence-electron chi connectivity index (χ3n) is 2.96. The van der Waals surface area contributed by atoms with Gasteiger partial charge in [0.15, 0.2) is 0 Å². The van der Waals surface area contributed by atoms with E-state index in [1.807, 2.05) is 37.3 Å². The Hall–Kier alpha value is -1.84. The maximum atomic E-state index is 11.7. The van der Waals surface area contributed by atoms with E-state index in [2.05, 4.69) is 0 Å². The Kier molecular flexibility index (Phi) is 4.89. The average Bonchev–Trinajstić information content (AvgIpc) is 2.35. The van der Waals surface area contributed by atoms with Gasteiger partial charge in [-0.1, -0.05) is 30.3 Å². The topological polar surface area (TPSA) is 40.6 Å². The molecule has 0 N–H and O–H groups in total. The highest BCUT2D eigenvalue weighted by atomic mass is 16.2. The molecule has 0 heterocycles. The molecule has 2 amide bonds. The van der Waals surface area contributed by atoms with Crippen molar-refractivity contribution in [2.75, 3.05) is 20.6 Å². The Balaban J connectivity index is 2.86. The molecule has 0 fully saturated rings. The summed E-state index contributed by atoms with van der Waals surface area (Å²) in [5, 5.41) is 0. The lowest BCUT2D eigenvalue weighted by molar-refractivity contribution is -0.139. The highest BCUT2D eigenvalue weighted by molar-refractivity contribution is 5.83. The molecule has 0 bridgehead atoms. The summed E-state index contributed by atoms with van der Waals surface area (Å²) >= 11 is 0. The minimum atomic E-state index is -0.104. The summed E-state index contributed by atoms with van der Waals surface area (Å²) in [4.78, 5) is 26.5. The Bertz CT molecular complexity index is 415.